The third-order valence-corrected chi connectivity index (χ3v) is 3.17. The number of nitrogens with one attached hydrogen (secondary N) is 1. The molecule has 1 amide bonds. The first-order chi connectivity index (χ1) is 9.83. The molecule has 0 aliphatic carbocycles. The standard InChI is InChI=1S/C14H23N5O2/c1-14(2,3)21-13(20)18-10-5-4-6-19(9-10)11-7-16-12(15)17-8-11/h7-8,10H,4-6,9H2,1-3H3,(H,18,20)(H2,15,16,17)/t10-/m1/s1. The highest BCUT2D eigenvalue weighted by Gasteiger charge is 2.24. The second kappa shape index (κ2) is 6.15. The second-order valence-corrected chi connectivity index (χ2v) is 6.23. The number of aromatic nitrogens is 2. The minimum absolute atomic E-state index is 0.0613. The van der Waals surface area contributed by atoms with E-state index in [-0.39, 0.29) is 18.1 Å². The fraction of sp³-hybridized carbons (Fsp3) is 0.643. The van der Waals surface area contributed by atoms with Gasteiger partial charge in [0.1, 0.15) is 5.60 Å². The summed E-state index contributed by atoms with van der Waals surface area (Å²) in [5.41, 5.74) is 5.93. The summed E-state index contributed by atoms with van der Waals surface area (Å²) in [5.74, 6) is 0.263. The van der Waals surface area contributed by atoms with Crippen LogP contribution in [0.1, 0.15) is 33.6 Å². The van der Waals surface area contributed by atoms with Gasteiger partial charge in [0.15, 0.2) is 0 Å². The Labute approximate surface area is 124 Å². The number of nitrogens with two attached hydrogens (primary N) is 1. The molecule has 1 fully saturated rings. The molecule has 2 heterocycles. The number of nitrogen functional groups attached to an aromatic ring is 1. The van der Waals surface area contributed by atoms with Crippen LogP contribution in [0.25, 0.3) is 0 Å². The number of carbonyl (C=O) groups excluding carboxylic acids is 1. The zero-order valence-corrected chi connectivity index (χ0v) is 12.8. The number of hydrogen-bond donors (Lipinski definition) is 2. The minimum Gasteiger partial charge on any atom is -0.444 e. The largest absolute Gasteiger partial charge is 0.444 e. The molecular weight excluding hydrogens is 270 g/mol. The van der Waals surface area contributed by atoms with Gasteiger partial charge < -0.3 is 20.7 Å². The van der Waals surface area contributed by atoms with E-state index in [1.807, 2.05) is 20.8 Å². The van der Waals surface area contributed by atoms with Crippen molar-refractivity contribution < 1.29 is 9.53 Å². The highest BCUT2D eigenvalue weighted by molar-refractivity contribution is 5.68. The smallest absolute Gasteiger partial charge is 0.407 e. The number of hydrogen-bond acceptors (Lipinski definition) is 6. The Morgan fingerprint density at radius 3 is 2.71 bits per heavy atom. The molecule has 1 aromatic rings. The lowest BCUT2D eigenvalue weighted by Gasteiger charge is -2.34. The van der Waals surface area contributed by atoms with Gasteiger partial charge in [-0.1, -0.05) is 0 Å². The Bertz CT molecular complexity index is 483. The summed E-state index contributed by atoms with van der Waals surface area (Å²) < 4.78 is 5.29. The first-order valence-corrected chi connectivity index (χ1v) is 7.15. The van der Waals surface area contributed by atoms with Crippen LogP contribution in [0.4, 0.5) is 16.4 Å². The molecule has 2 rings (SSSR count). The summed E-state index contributed by atoms with van der Waals surface area (Å²) in [6.45, 7) is 7.19. The lowest BCUT2D eigenvalue weighted by Crippen LogP contribution is -2.49. The summed E-state index contributed by atoms with van der Waals surface area (Å²) in [4.78, 5) is 22.0. The van der Waals surface area contributed by atoms with Gasteiger partial charge in [0.2, 0.25) is 5.95 Å². The number of ether oxygens (including phenoxy) is 1. The zero-order valence-electron chi connectivity index (χ0n) is 12.8. The molecule has 1 aliphatic rings. The van der Waals surface area contributed by atoms with Crippen molar-refractivity contribution >= 4 is 17.7 Å². The zero-order chi connectivity index (χ0) is 15.5. The van der Waals surface area contributed by atoms with E-state index in [2.05, 4.69) is 20.2 Å². The third kappa shape index (κ3) is 4.77. The minimum atomic E-state index is -0.483. The number of rotatable bonds is 2. The molecule has 1 saturated heterocycles. The highest BCUT2D eigenvalue weighted by Crippen LogP contribution is 2.19. The number of piperidine rings is 1. The Hall–Kier alpha value is -2.05. The summed E-state index contributed by atoms with van der Waals surface area (Å²) in [7, 11) is 0. The van der Waals surface area contributed by atoms with Crippen LogP contribution in [0, 0.1) is 0 Å². The number of carbonyl (C=O) groups is 1. The Morgan fingerprint density at radius 2 is 2.10 bits per heavy atom. The molecule has 0 aromatic carbocycles. The molecule has 0 unspecified atom stereocenters. The predicted molar refractivity (Wildman–Crippen MR) is 81.0 cm³/mol. The van der Waals surface area contributed by atoms with E-state index in [4.69, 9.17) is 10.5 Å². The van der Waals surface area contributed by atoms with Gasteiger partial charge in [-0.3, -0.25) is 0 Å². The van der Waals surface area contributed by atoms with Gasteiger partial charge >= 0.3 is 6.09 Å². The molecule has 0 spiro atoms. The molecule has 1 aromatic heterocycles. The molecule has 7 heteroatoms. The van der Waals surface area contributed by atoms with Gasteiger partial charge in [-0.25, -0.2) is 14.8 Å². The molecule has 0 saturated carbocycles. The molecule has 1 aliphatic heterocycles. The summed E-state index contributed by atoms with van der Waals surface area (Å²) in [6, 6.07) is 0.0613. The van der Waals surface area contributed by atoms with E-state index in [0.717, 1.165) is 25.1 Å². The Balaban J connectivity index is 1.91. The number of alkyl carbamates (subject to hydrolysis) is 1. The van der Waals surface area contributed by atoms with Crippen LogP contribution >= 0.6 is 0 Å². The SMILES string of the molecule is CC(C)(C)OC(=O)N[C@@H]1CCCN(c2cnc(N)nc2)C1. The monoisotopic (exact) mass is 293 g/mol. The van der Waals surface area contributed by atoms with E-state index in [9.17, 15) is 4.79 Å². The van der Waals surface area contributed by atoms with E-state index in [1.165, 1.54) is 0 Å². The lowest BCUT2D eigenvalue weighted by molar-refractivity contribution is 0.0500. The first kappa shape index (κ1) is 15.3. The maximum Gasteiger partial charge on any atom is 0.407 e. The van der Waals surface area contributed by atoms with Crippen LogP contribution in [0.5, 0.6) is 0 Å². The molecule has 116 valence electrons. The fourth-order valence-corrected chi connectivity index (χ4v) is 2.30. The van der Waals surface area contributed by atoms with Crippen LogP contribution in [-0.2, 0) is 4.74 Å². The summed E-state index contributed by atoms with van der Waals surface area (Å²) in [5, 5.41) is 2.92. The van der Waals surface area contributed by atoms with Crippen molar-refractivity contribution in [1.82, 2.24) is 15.3 Å². The summed E-state index contributed by atoms with van der Waals surface area (Å²) >= 11 is 0. The van der Waals surface area contributed by atoms with Gasteiger partial charge in [0, 0.05) is 19.1 Å². The molecule has 0 bridgehead atoms. The van der Waals surface area contributed by atoms with Crippen molar-refractivity contribution in [2.24, 2.45) is 0 Å². The van der Waals surface area contributed by atoms with Crippen molar-refractivity contribution in [1.29, 1.82) is 0 Å². The lowest BCUT2D eigenvalue weighted by atomic mass is 10.1. The Kier molecular flexibility index (Phi) is 4.50. The predicted octanol–water partition coefficient (Wildman–Crippen LogP) is 1.55. The molecule has 7 nitrogen and oxygen atoms in total. The molecule has 3 N–H and O–H groups in total. The number of amides is 1. The summed E-state index contributed by atoms with van der Waals surface area (Å²) in [6.07, 6.45) is 4.97. The molecule has 0 radical (unpaired) electrons. The van der Waals surface area contributed by atoms with Crippen LogP contribution in [0.2, 0.25) is 0 Å². The number of nitrogens with zero attached hydrogens (tertiary/aromatic N) is 3. The molecular formula is C14H23N5O2. The molecule has 21 heavy (non-hydrogen) atoms. The van der Waals surface area contributed by atoms with Crippen LogP contribution in [-0.4, -0.2) is 40.8 Å². The maximum atomic E-state index is 11.8. The van der Waals surface area contributed by atoms with Crippen molar-refractivity contribution in [2.75, 3.05) is 23.7 Å². The van der Waals surface area contributed by atoms with Gasteiger partial charge in [0.25, 0.3) is 0 Å². The average molecular weight is 293 g/mol. The normalized spacial score (nSPS) is 19.2. The number of anilines is 2. The highest BCUT2D eigenvalue weighted by atomic mass is 16.6. The topological polar surface area (TPSA) is 93.4 Å². The molecule has 1 atom stereocenters. The van der Waals surface area contributed by atoms with Gasteiger partial charge in [-0.15, -0.1) is 0 Å². The van der Waals surface area contributed by atoms with Crippen LogP contribution in [0.15, 0.2) is 12.4 Å². The fourth-order valence-electron chi connectivity index (χ4n) is 2.30. The van der Waals surface area contributed by atoms with Crippen LogP contribution < -0.4 is 16.0 Å². The van der Waals surface area contributed by atoms with Crippen molar-refractivity contribution in [3.8, 4) is 0 Å². The van der Waals surface area contributed by atoms with E-state index in [0.29, 0.717) is 6.54 Å². The van der Waals surface area contributed by atoms with Crippen molar-refractivity contribution in [3.63, 3.8) is 0 Å². The van der Waals surface area contributed by atoms with Crippen LogP contribution in [0.3, 0.4) is 0 Å². The van der Waals surface area contributed by atoms with Crippen molar-refractivity contribution in [3.05, 3.63) is 12.4 Å². The van der Waals surface area contributed by atoms with Gasteiger partial charge in [0.05, 0.1) is 18.1 Å². The first-order valence-electron chi connectivity index (χ1n) is 7.15. The van der Waals surface area contributed by atoms with E-state index in [1.54, 1.807) is 12.4 Å². The quantitative estimate of drug-likeness (QED) is 0.859. The van der Waals surface area contributed by atoms with Crippen molar-refractivity contribution in [2.45, 2.75) is 45.3 Å². The Morgan fingerprint density at radius 1 is 1.43 bits per heavy atom. The van der Waals surface area contributed by atoms with Gasteiger partial charge in [-0.2, -0.15) is 0 Å². The van der Waals surface area contributed by atoms with E-state index >= 15 is 0 Å². The maximum absolute atomic E-state index is 11.8. The van der Waals surface area contributed by atoms with E-state index < -0.39 is 5.60 Å². The second-order valence-electron chi connectivity index (χ2n) is 6.23. The average Bonchev–Trinajstić information content (AvgIpc) is 2.37. The van der Waals surface area contributed by atoms with Gasteiger partial charge in [-0.05, 0) is 33.6 Å². The third-order valence-electron chi connectivity index (χ3n) is 3.17.